The summed E-state index contributed by atoms with van der Waals surface area (Å²) in [6, 6.07) is 7.42. The predicted molar refractivity (Wildman–Crippen MR) is 87.3 cm³/mol. The number of fused-ring (bicyclic) bond motifs is 2. The first-order chi connectivity index (χ1) is 10.7. The van der Waals surface area contributed by atoms with Crippen LogP contribution in [0.2, 0.25) is 0 Å². The lowest BCUT2D eigenvalue weighted by molar-refractivity contribution is -0.122. The number of carbonyl (C=O) groups excluding carboxylic acids is 2. The Morgan fingerprint density at radius 2 is 1.73 bits per heavy atom. The van der Waals surface area contributed by atoms with Crippen molar-refractivity contribution in [2.24, 2.45) is 11.8 Å². The first kappa shape index (κ1) is 13.6. The molecule has 2 amide bonds. The van der Waals surface area contributed by atoms with Gasteiger partial charge in [-0.05, 0) is 31.0 Å². The topological polar surface area (TPSA) is 50.3 Å². The molecule has 1 aliphatic carbocycles. The van der Waals surface area contributed by atoms with E-state index in [1.165, 1.54) is 4.90 Å². The minimum atomic E-state index is -0.222. The third kappa shape index (κ3) is 1.85. The Morgan fingerprint density at radius 1 is 1.05 bits per heavy atom. The molecule has 1 aromatic heterocycles. The number of rotatable bonds is 1. The fraction of sp³-hybridized carbons (Fsp3) is 0.235. The van der Waals surface area contributed by atoms with E-state index in [9.17, 15) is 9.59 Å². The molecular weight excluding hydrogens is 344 g/mol. The zero-order valence-corrected chi connectivity index (χ0v) is 13.3. The molecule has 4 nitrogen and oxygen atoms in total. The van der Waals surface area contributed by atoms with Crippen LogP contribution in [0, 0.1) is 11.8 Å². The van der Waals surface area contributed by atoms with Crippen molar-refractivity contribution in [2.75, 3.05) is 4.90 Å². The lowest BCUT2D eigenvalue weighted by atomic mass is 9.85. The minimum absolute atomic E-state index is 0.103. The van der Waals surface area contributed by atoms with Crippen LogP contribution < -0.4 is 4.90 Å². The molecule has 1 saturated heterocycles. The highest BCUT2D eigenvalue weighted by Crippen LogP contribution is 2.40. The van der Waals surface area contributed by atoms with Crippen LogP contribution in [-0.2, 0) is 9.59 Å². The molecule has 4 rings (SSSR count). The average Bonchev–Trinajstić information content (AvgIpc) is 2.81. The van der Waals surface area contributed by atoms with Crippen molar-refractivity contribution in [3.8, 4) is 0 Å². The highest BCUT2D eigenvalue weighted by molar-refractivity contribution is 9.10. The number of anilines is 1. The summed E-state index contributed by atoms with van der Waals surface area (Å²) in [5.74, 6) is -0.651. The van der Waals surface area contributed by atoms with Crippen molar-refractivity contribution in [3.05, 3.63) is 47.1 Å². The maximum absolute atomic E-state index is 12.7. The lowest BCUT2D eigenvalue weighted by Gasteiger charge is -2.17. The standard InChI is InChI=1S/C17H13BrN2O2/c18-13-7-8-14(15-12(13)6-3-9-19-15)20-16(21)10-4-1-2-5-11(10)17(20)22/h1-3,6-11H,4-5H2/t10-,11+. The number of hydrogen-bond donors (Lipinski definition) is 0. The molecule has 1 aromatic carbocycles. The van der Waals surface area contributed by atoms with Crippen molar-refractivity contribution in [1.82, 2.24) is 4.98 Å². The van der Waals surface area contributed by atoms with Gasteiger partial charge < -0.3 is 0 Å². The van der Waals surface area contributed by atoms with E-state index in [1.54, 1.807) is 12.3 Å². The Labute approximate surface area is 136 Å². The van der Waals surface area contributed by atoms with Gasteiger partial charge >= 0.3 is 0 Å². The van der Waals surface area contributed by atoms with Gasteiger partial charge in [0.2, 0.25) is 11.8 Å². The van der Waals surface area contributed by atoms with Gasteiger partial charge in [0.05, 0.1) is 23.0 Å². The first-order valence-corrected chi connectivity index (χ1v) is 8.04. The van der Waals surface area contributed by atoms with Gasteiger partial charge in [0, 0.05) is 16.1 Å². The van der Waals surface area contributed by atoms with Crippen LogP contribution in [0.3, 0.4) is 0 Å². The number of hydrogen-bond acceptors (Lipinski definition) is 3. The summed E-state index contributed by atoms with van der Waals surface area (Å²) in [6.45, 7) is 0. The molecule has 0 N–H and O–H groups in total. The number of halogens is 1. The number of nitrogens with zero attached hydrogens (tertiary/aromatic N) is 2. The Hall–Kier alpha value is -2.01. The molecule has 2 aliphatic rings. The van der Waals surface area contributed by atoms with E-state index < -0.39 is 0 Å². The van der Waals surface area contributed by atoms with Crippen LogP contribution in [0.25, 0.3) is 10.9 Å². The van der Waals surface area contributed by atoms with Crippen LogP contribution in [0.4, 0.5) is 5.69 Å². The molecule has 0 spiro atoms. The quantitative estimate of drug-likeness (QED) is 0.580. The molecule has 2 atom stereocenters. The molecule has 1 fully saturated rings. The van der Waals surface area contributed by atoms with Gasteiger partial charge in [-0.1, -0.05) is 34.1 Å². The van der Waals surface area contributed by atoms with Crippen molar-refractivity contribution in [1.29, 1.82) is 0 Å². The predicted octanol–water partition coefficient (Wildman–Crippen LogP) is 3.45. The number of imide groups is 1. The zero-order valence-electron chi connectivity index (χ0n) is 11.7. The second kappa shape index (κ2) is 5.02. The summed E-state index contributed by atoms with van der Waals surface area (Å²) in [5.41, 5.74) is 1.26. The summed E-state index contributed by atoms with van der Waals surface area (Å²) in [7, 11) is 0. The van der Waals surface area contributed by atoms with Gasteiger partial charge in [-0.25, -0.2) is 4.90 Å². The molecular formula is C17H13BrN2O2. The monoisotopic (exact) mass is 356 g/mol. The van der Waals surface area contributed by atoms with E-state index in [0.29, 0.717) is 24.0 Å². The lowest BCUT2D eigenvalue weighted by Crippen LogP contribution is -2.31. The summed E-state index contributed by atoms with van der Waals surface area (Å²) in [6.07, 6.45) is 6.96. The SMILES string of the molecule is O=C1[C@H]2CC=CC[C@H]2C(=O)N1c1ccc(Br)c2cccnc12. The van der Waals surface area contributed by atoms with Crippen LogP contribution in [0.1, 0.15) is 12.8 Å². The van der Waals surface area contributed by atoms with E-state index >= 15 is 0 Å². The number of aromatic nitrogens is 1. The van der Waals surface area contributed by atoms with Gasteiger partial charge in [0.25, 0.3) is 0 Å². The van der Waals surface area contributed by atoms with Crippen LogP contribution in [0.15, 0.2) is 47.1 Å². The fourth-order valence-electron chi connectivity index (χ4n) is 3.34. The highest BCUT2D eigenvalue weighted by Gasteiger charge is 2.48. The van der Waals surface area contributed by atoms with E-state index in [4.69, 9.17) is 0 Å². The molecule has 1 aliphatic heterocycles. The molecule has 0 radical (unpaired) electrons. The van der Waals surface area contributed by atoms with Crippen LogP contribution in [0.5, 0.6) is 0 Å². The molecule has 22 heavy (non-hydrogen) atoms. The molecule has 2 heterocycles. The summed E-state index contributed by atoms with van der Waals surface area (Å²) >= 11 is 3.49. The summed E-state index contributed by atoms with van der Waals surface area (Å²) < 4.78 is 0.900. The van der Waals surface area contributed by atoms with E-state index in [-0.39, 0.29) is 23.7 Å². The first-order valence-electron chi connectivity index (χ1n) is 7.24. The number of pyridine rings is 1. The zero-order chi connectivity index (χ0) is 15.3. The summed E-state index contributed by atoms with van der Waals surface area (Å²) in [4.78, 5) is 31.1. The molecule has 0 unspecified atom stereocenters. The molecule has 2 aromatic rings. The molecule has 0 saturated carbocycles. The minimum Gasteiger partial charge on any atom is -0.274 e. The number of carbonyl (C=O) groups is 2. The third-order valence-corrected chi connectivity index (χ3v) is 5.14. The Balaban J connectivity index is 1.88. The van der Waals surface area contributed by atoms with Crippen molar-refractivity contribution < 1.29 is 9.59 Å². The van der Waals surface area contributed by atoms with Crippen molar-refractivity contribution >= 4 is 44.3 Å². The third-order valence-electron chi connectivity index (χ3n) is 4.44. The Kier molecular flexibility index (Phi) is 3.11. The van der Waals surface area contributed by atoms with Crippen molar-refractivity contribution in [3.63, 3.8) is 0 Å². The maximum Gasteiger partial charge on any atom is 0.238 e. The van der Waals surface area contributed by atoms with Gasteiger partial charge in [0.15, 0.2) is 0 Å². The van der Waals surface area contributed by atoms with Crippen LogP contribution in [-0.4, -0.2) is 16.8 Å². The fourth-order valence-corrected chi connectivity index (χ4v) is 3.79. The van der Waals surface area contributed by atoms with Crippen molar-refractivity contribution in [2.45, 2.75) is 12.8 Å². The molecule has 110 valence electrons. The van der Waals surface area contributed by atoms with Crippen LogP contribution >= 0.6 is 15.9 Å². The van der Waals surface area contributed by atoms with Gasteiger partial charge in [-0.3, -0.25) is 14.6 Å². The van der Waals surface area contributed by atoms with E-state index in [1.807, 2.05) is 30.4 Å². The Bertz CT molecular complexity index is 805. The molecule has 5 heteroatoms. The van der Waals surface area contributed by atoms with Gasteiger partial charge in [-0.15, -0.1) is 0 Å². The van der Waals surface area contributed by atoms with Gasteiger partial charge in [0.1, 0.15) is 0 Å². The van der Waals surface area contributed by atoms with E-state index in [0.717, 1.165) is 9.86 Å². The average molecular weight is 357 g/mol. The maximum atomic E-state index is 12.7. The number of benzene rings is 1. The number of amides is 2. The largest absolute Gasteiger partial charge is 0.274 e. The van der Waals surface area contributed by atoms with Gasteiger partial charge in [-0.2, -0.15) is 0 Å². The summed E-state index contributed by atoms with van der Waals surface area (Å²) in [5, 5.41) is 0.897. The second-order valence-corrected chi connectivity index (χ2v) is 6.49. The highest BCUT2D eigenvalue weighted by atomic mass is 79.9. The second-order valence-electron chi connectivity index (χ2n) is 5.63. The normalized spacial score (nSPS) is 24.1. The van der Waals surface area contributed by atoms with E-state index in [2.05, 4.69) is 20.9 Å². The Morgan fingerprint density at radius 3 is 2.41 bits per heavy atom. The number of allylic oxidation sites excluding steroid dienone is 2. The molecule has 0 bridgehead atoms. The smallest absolute Gasteiger partial charge is 0.238 e.